The maximum atomic E-state index is 12.8. The molecule has 0 spiro atoms. The zero-order chi connectivity index (χ0) is 26.0. The number of rotatable bonds is 8. The lowest BCUT2D eigenvalue weighted by Gasteiger charge is -2.36. The van der Waals surface area contributed by atoms with E-state index in [1.807, 2.05) is 18.2 Å². The molecule has 2 aliphatic rings. The van der Waals surface area contributed by atoms with E-state index in [4.69, 9.17) is 11.6 Å². The van der Waals surface area contributed by atoms with Crippen LogP contribution in [0.2, 0.25) is 5.02 Å². The maximum absolute atomic E-state index is 12.8. The number of hydrogen-bond acceptors (Lipinski definition) is 7. The van der Waals surface area contributed by atoms with Crippen LogP contribution in [-0.4, -0.2) is 68.5 Å². The molecule has 2 aromatic rings. The summed E-state index contributed by atoms with van der Waals surface area (Å²) in [4.78, 5) is 30.8. The van der Waals surface area contributed by atoms with Crippen molar-refractivity contribution >= 4 is 35.1 Å². The molecule has 0 bridgehead atoms. The van der Waals surface area contributed by atoms with Crippen LogP contribution in [0.25, 0.3) is 11.6 Å². The Morgan fingerprint density at radius 3 is 2.64 bits per heavy atom. The molecule has 36 heavy (non-hydrogen) atoms. The number of amides is 2. The van der Waals surface area contributed by atoms with Gasteiger partial charge in [-0.1, -0.05) is 17.7 Å². The van der Waals surface area contributed by atoms with Crippen LogP contribution in [0.5, 0.6) is 5.75 Å². The van der Waals surface area contributed by atoms with Gasteiger partial charge in [-0.05, 0) is 78.0 Å². The van der Waals surface area contributed by atoms with Gasteiger partial charge in [0.15, 0.2) is 0 Å². The summed E-state index contributed by atoms with van der Waals surface area (Å²) in [5.41, 5.74) is 3.07. The largest absolute Gasteiger partial charge is 0.508 e. The SMILES string of the molecule is CN1C(=O)[C@@H]2[C@@H](CC(CO)=C([C@H](O)CC/C(=C/c3ccc(O)cc3Cl)c3ccccn3)[C@@H]2CO)C1=O. The second-order valence-corrected chi connectivity index (χ2v) is 9.63. The Bertz CT molecular complexity index is 1210. The van der Waals surface area contributed by atoms with Gasteiger partial charge < -0.3 is 20.4 Å². The fourth-order valence-corrected chi connectivity index (χ4v) is 5.59. The van der Waals surface area contributed by atoms with Crippen LogP contribution in [0.1, 0.15) is 30.5 Å². The molecule has 1 aliphatic carbocycles. The summed E-state index contributed by atoms with van der Waals surface area (Å²) >= 11 is 6.31. The molecule has 0 saturated carbocycles. The van der Waals surface area contributed by atoms with Crippen LogP contribution < -0.4 is 0 Å². The Labute approximate surface area is 214 Å². The number of phenols is 1. The summed E-state index contributed by atoms with van der Waals surface area (Å²) in [6, 6.07) is 10.1. The van der Waals surface area contributed by atoms with Gasteiger partial charge in [-0.3, -0.25) is 19.5 Å². The van der Waals surface area contributed by atoms with E-state index >= 15 is 0 Å². The van der Waals surface area contributed by atoms with Gasteiger partial charge in [-0.25, -0.2) is 0 Å². The van der Waals surface area contributed by atoms with Crippen molar-refractivity contribution in [1.82, 2.24) is 9.88 Å². The minimum Gasteiger partial charge on any atom is -0.508 e. The smallest absolute Gasteiger partial charge is 0.233 e. The molecular formula is C27H29ClN2O6. The Morgan fingerprint density at radius 2 is 2.00 bits per heavy atom. The maximum Gasteiger partial charge on any atom is 0.233 e. The number of fused-ring (bicyclic) bond motifs is 1. The van der Waals surface area contributed by atoms with E-state index in [-0.39, 0.29) is 37.0 Å². The number of likely N-dealkylation sites (tertiary alicyclic amines) is 1. The van der Waals surface area contributed by atoms with Crippen molar-refractivity contribution in [3.05, 3.63) is 70.0 Å². The lowest BCUT2D eigenvalue weighted by molar-refractivity contribution is -0.138. The zero-order valence-corrected chi connectivity index (χ0v) is 20.6. The molecule has 4 atom stereocenters. The molecule has 8 nitrogen and oxygen atoms in total. The quantitative estimate of drug-likeness (QED) is 0.316. The van der Waals surface area contributed by atoms with Crippen molar-refractivity contribution in [2.45, 2.75) is 25.4 Å². The van der Waals surface area contributed by atoms with Crippen molar-refractivity contribution in [2.24, 2.45) is 17.8 Å². The molecular weight excluding hydrogens is 484 g/mol. The van der Waals surface area contributed by atoms with Crippen molar-refractivity contribution in [3.63, 3.8) is 0 Å². The number of aromatic nitrogens is 1. The molecule has 0 unspecified atom stereocenters. The number of carbonyl (C=O) groups excluding carboxylic acids is 2. The molecule has 0 radical (unpaired) electrons. The first kappa shape index (κ1) is 26.0. The minimum absolute atomic E-state index is 0.0478. The number of imide groups is 1. The Balaban J connectivity index is 1.64. The van der Waals surface area contributed by atoms with E-state index in [2.05, 4.69) is 4.98 Å². The van der Waals surface area contributed by atoms with Crippen molar-refractivity contribution in [3.8, 4) is 5.75 Å². The summed E-state index contributed by atoms with van der Waals surface area (Å²) in [6.45, 7) is -0.792. The predicted octanol–water partition coefficient (Wildman–Crippen LogP) is 2.65. The Hall–Kier alpha value is -3.04. The van der Waals surface area contributed by atoms with Crippen molar-refractivity contribution in [1.29, 1.82) is 0 Å². The number of aromatic hydroxyl groups is 1. The normalized spacial score (nSPS) is 23.3. The molecule has 1 aromatic heterocycles. The van der Waals surface area contributed by atoms with Crippen LogP contribution in [0.4, 0.5) is 0 Å². The number of pyridine rings is 1. The average molecular weight is 513 g/mol. The van der Waals surface area contributed by atoms with Gasteiger partial charge in [-0.2, -0.15) is 0 Å². The van der Waals surface area contributed by atoms with Crippen molar-refractivity contribution < 1.29 is 30.0 Å². The van der Waals surface area contributed by atoms with Crippen molar-refractivity contribution in [2.75, 3.05) is 20.3 Å². The Morgan fingerprint density at radius 1 is 1.22 bits per heavy atom. The molecule has 190 valence electrons. The molecule has 1 aliphatic heterocycles. The summed E-state index contributed by atoms with van der Waals surface area (Å²) < 4.78 is 0. The number of phenolic OH excluding ortho intramolecular Hbond substituents is 1. The van der Waals surface area contributed by atoms with E-state index in [0.717, 1.165) is 10.5 Å². The third-order valence-electron chi connectivity index (χ3n) is 7.15. The second-order valence-electron chi connectivity index (χ2n) is 9.22. The van der Waals surface area contributed by atoms with Gasteiger partial charge in [0.25, 0.3) is 0 Å². The topological polar surface area (TPSA) is 131 Å². The van der Waals surface area contributed by atoms with E-state index < -0.39 is 30.5 Å². The summed E-state index contributed by atoms with van der Waals surface area (Å²) in [6.07, 6.45) is 3.21. The fourth-order valence-electron chi connectivity index (χ4n) is 5.36. The van der Waals surface area contributed by atoms with Crippen LogP contribution in [0, 0.1) is 17.8 Å². The third kappa shape index (κ3) is 4.95. The van der Waals surface area contributed by atoms with E-state index in [1.165, 1.54) is 19.2 Å². The Kier molecular flexibility index (Phi) is 7.90. The monoisotopic (exact) mass is 512 g/mol. The van der Waals surface area contributed by atoms with Crippen LogP contribution in [0.15, 0.2) is 53.7 Å². The van der Waals surface area contributed by atoms with Gasteiger partial charge in [-0.15, -0.1) is 0 Å². The third-order valence-corrected chi connectivity index (χ3v) is 7.47. The van der Waals surface area contributed by atoms with E-state index in [9.17, 15) is 30.0 Å². The van der Waals surface area contributed by atoms with E-state index in [1.54, 1.807) is 18.3 Å². The first-order chi connectivity index (χ1) is 17.3. The van der Waals surface area contributed by atoms with Gasteiger partial charge in [0.05, 0.1) is 41.9 Å². The van der Waals surface area contributed by atoms with Crippen LogP contribution in [0.3, 0.4) is 0 Å². The molecule has 2 heterocycles. The highest BCUT2D eigenvalue weighted by molar-refractivity contribution is 6.32. The van der Waals surface area contributed by atoms with E-state index in [0.29, 0.717) is 33.8 Å². The van der Waals surface area contributed by atoms with Gasteiger partial charge in [0, 0.05) is 19.2 Å². The van der Waals surface area contributed by atoms with Gasteiger partial charge in [0.2, 0.25) is 11.8 Å². The predicted molar refractivity (Wildman–Crippen MR) is 135 cm³/mol. The zero-order valence-electron chi connectivity index (χ0n) is 19.8. The fraction of sp³-hybridized carbons (Fsp3) is 0.370. The molecule has 9 heteroatoms. The highest BCUT2D eigenvalue weighted by Crippen LogP contribution is 2.45. The van der Waals surface area contributed by atoms with Gasteiger partial charge >= 0.3 is 0 Å². The van der Waals surface area contributed by atoms with Gasteiger partial charge in [0.1, 0.15) is 5.75 Å². The number of aliphatic hydroxyl groups is 3. The average Bonchev–Trinajstić information content (AvgIpc) is 3.10. The summed E-state index contributed by atoms with van der Waals surface area (Å²) in [7, 11) is 1.42. The first-order valence-corrected chi connectivity index (χ1v) is 12.2. The minimum atomic E-state index is -1.05. The lowest BCUT2D eigenvalue weighted by Crippen LogP contribution is -2.39. The van der Waals surface area contributed by atoms with Crippen LogP contribution in [-0.2, 0) is 9.59 Å². The number of aliphatic hydroxyl groups excluding tert-OH is 3. The molecule has 2 amide bonds. The number of halogens is 1. The molecule has 1 saturated heterocycles. The van der Waals surface area contributed by atoms with Crippen LogP contribution >= 0.6 is 11.6 Å². The summed E-state index contributed by atoms with van der Waals surface area (Å²) in [5, 5.41) is 41.6. The number of benzene rings is 1. The molecule has 1 aromatic carbocycles. The second kappa shape index (κ2) is 10.9. The number of carbonyl (C=O) groups is 2. The standard InChI is InChI=1S/C27H29ClN2O6/c1-30-26(35)19-11-17(13-31)24(20(14-32)25(19)27(30)36)23(34)8-6-16(22-4-2-3-9-29-22)10-15-5-7-18(33)12-21(15)28/h2-5,7,9-10,12,19-20,23,25,31-34H,6,8,11,13-14H2,1H3/b16-10-/t19-,20+,23-,25-/m1/s1. The highest BCUT2D eigenvalue weighted by atomic mass is 35.5. The first-order valence-electron chi connectivity index (χ1n) is 11.8. The highest BCUT2D eigenvalue weighted by Gasteiger charge is 2.53. The number of hydrogen-bond donors (Lipinski definition) is 4. The molecule has 1 fully saturated rings. The lowest BCUT2D eigenvalue weighted by atomic mass is 9.68. The number of allylic oxidation sites excluding steroid dienone is 1. The summed E-state index contributed by atoms with van der Waals surface area (Å²) in [5.74, 6) is -2.80. The number of nitrogens with zero attached hydrogens (tertiary/aromatic N) is 2. The molecule has 4 N–H and O–H groups in total. The molecule has 4 rings (SSSR count).